The van der Waals surface area contributed by atoms with E-state index in [-0.39, 0.29) is 0 Å². The molecule has 0 saturated carbocycles. The molecule has 0 aliphatic heterocycles. The number of nitrogens with zero attached hydrogens (tertiary/aromatic N) is 1. The molecule has 0 aliphatic carbocycles. The number of hydrogen-bond donors (Lipinski definition) is 1. The molecule has 106 valence electrons. The number of rotatable bonds is 4. The van der Waals surface area contributed by atoms with Crippen LogP contribution in [0, 0.1) is 0 Å². The molecule has 0 radical (unpaired) electrons. The number of hydrogen-bond acceptors (Lipinski definition) is 3. The average molecular weight is 343 g/mol. The van der Waals surface area contributed by atoms with Gasteiger partial charge in [0.05, 0.1) is 7.11 Å². The van der Waals surface area contributed by atoms with E-state index in [9.17, 15) is 0 Å². The molecule has 0 fully saturated rings. The Kier molecular flexibility index (Phi) is 4.06. The minimum absolute atomic E-state index is 0.632. The fourth-order valence-corrected chi connectivity index (χ4v) is 2.73. The molecule has 0 aliphatic rings. The van der Waals surface area contributed by atoms with E-state index in [4.69, 9.17) is 4.74 Å². The van der Waals surface area contributed by atoms with Gasteiger partial charge in [0.15, 0.2) is 0 Å². The van der Waals surface area contributed by atoms with Crippen molar-refractivity contribution in [2.24, 2.45) is 0 Å². The van der Waals surface area contributed by atoms with Gasteiger partial charge in [0.25, 0.3) is 0 Å². The summed E-state index contributed by atoms with van der Waals surface area (Å²) >= 11 is 3.59. The number of aromatic nitrogens is 1. The molecule has 21 heavy (non-hydrogen) atoms. The monoisotopic (exact) mass is 342 g/mol. The van der Waals surface area contributed by atoms with Crippen molar-refractivity contribution in [2.45, 2.75) is 6.54 Å². The molecule has 1 heterocycles. The van der Waals surface area contributed by atoms with E-state index in [0.717, 1.165) is 22.3 Å². The van der Waals surface area contributed by atoms with Gasteiger partial charge in [-0.25, -0.2) is 4.98 Å². The molecule has 1 N–H and O–H groups in total. The predicted molar refractivity (Wildman–Crippen MR) is 89.8 cm³/mol. The van der Waals surface area contributed by atoms with E-state index in [1.807, 2.05) is 24.4 Å². The summed E-state index contributed by atoms with van der Waals surface area (Å²) in [5.41, 5.74) is 2.23. The third-order valence-corrected chi connectivity index (χ3v) is 4.05. The van der Waals surface area contributed by atoms with Gasteiger partial charge >= 0.3 is 0 Å². The van der Waals surface area contributed by atoms with Crippen molar-refractivity contribution in [3.8, 4) is 5.88 Å². The average Bonchev–Trinajstić information content (AvgIpc) is 2.55. The topological polar surface area (TPSA) is 34.1 Å². The second kappa shape index (κ2) is 6.14. The summed E-state index contributed by atoms with van der Waals surface area (Å²) in [6.07, 6.45) is 1.83. The van der Waals surface area contributed by atoms with Crippen LogP contribution in [0.5, 0.6) is 5.88 Å². The number of fused-ring (bicyclic) bond motifs is 1. The number of ether oxygens (including phenoxy) is 1. The van der Waals surface area contributed by atoms with E-state index in [2.05, 4.69) is 56.6 Å². The normalized spacial score (nSPS) is 10.6. The van der Waals surface area contributed by atoms with Crippen LogP contribution in [0.25, 0.3) is 10.8 Å². The van der Waals surface area contributed by atoms with E-state index in [0.29, 0.717) is 5.88 Å². The molecule has 3 nitrogen and oxygen atoms in total. The van der Waals surface area contributed by atoms with Crippen LogP contribution in [0.15, 0.2) is 59.2 Å². The zero-order valence-corrected chi connectivity index (χ0v) is 13.2. The summed E-state index contributed by atoms with van der Waals surface area (Å²) in [5.74, 6) is 0.632. The van der Waals surface area contributed by atoms with Gasteiger partial charge in [0.1, 0.15) is 0 Å². The maximum absolute atomic E-state index is 5.07. The molecule has 3 aromatic rings. The van der Waals surface area contributed by atoms with E-state index in [1.54, 1.807) is 7.11 Å². The first-order valence-electron chi connectivity index (χ1n) is 6.68. The first kappa shape index (κ1) is 13.9. The lowest BCUT2D eigenvalue weighted by atomic mass is 10.1. The summed E-state index contributed by atoms with van der Waals surface area (Å²) in [6, 6.07) is 16.4. The summed E-state index contributed by atoms with van der Waals surface area (Å²) < 4.78 is 6.17. The second-order valence-electron chi connectivity index (χ2n) is 4.70. The van der Waals surface area contributed by atoms with Gasteiger partial charge in [0.2, 0.25) is 5.88 Å². The molecule has 1 aromatic heterocycles. The van der Waals surface area contributed by atoms with E-state index < -0.39 is 0 Å². The molecule has 0 unspecified atom stereocenters. The third-order valence-electron chi connectivity index (χ3n) is 3.36. The molecule has 0 amide bonds. The number of nitrogens with one attached hydrogen (secondary N) is 1. The highest BCUT2D eigenvalue weighted by atomic mass is 79.9. The number of pyridine rings is 1. The van der Waals surface area contributed by atoms with Crippen LogP contribution in [-0.2, 0) is 6.54 Å². The molecule has 3 rings (SSSR count). The number of methoxy groups -OCH3 is 1. The van der Waals surface area contributed by atoms with Crippen LogP contribution in [0.2, 0.25) is 0 Å². The highest BCUT2D eigenvalue weighted by Crippen LogP contribution is 2.30. The summed E-state index contributed by atoms with van der Waals surface area (Å²) in [6.45, 7) is 0.725. The lowest BCUT2D eigenvalue weighted by Crippen LogP contribution is -2.01. The Balaban J connectivity index is 1.83. The highest BCUT2D eigenvalue weighted by molar-refractivity contribution is 9.10. The minimum Gasteiger partial charge on any atom is -0.481 e. The van der Waals surface area contributed by atoms with Crippen LogP contribution in [0.1, 0.15) is 5.56 Å². The zero-order valence-electron chi connectivity index (χ0n) is 11.6. The van der Waals surface area contributed by atoms with Crippen molar-refractivity contribution in [3.63, 3.8) is 0 Å². The molecular weight excluding hydrogens is 328 g/mol. The minimum atomic E-state index is 0.632. The molecule has 0 bridgehead atoms. The lowest BCUT2D eigenvalue weighted by molar-refractivity contribution is 0.397. The maximum Gasteiger partial charge on any atom is 0.212 e. The van der Waals surface area contributed by atoms with Crippen molar-refractivity contribution in [1.29, 1.82) is 0 Å². The molecule has 4 heteroatoms. The van der Waals surface area contributed by atoms with E-state index in [1.165, 1.54) is 10.8 Å². The number of halogens is 1. The first-order chi connectivity index (χ1) is 10.3. The molecular formula is C17H15BrN2O. The van der Waals surface area contributed by atoms with Gasteiger partial charge < -0.3 is 10.1 Å². The van der Waals surface area contributed by atoms with Crippen molar-refractivity contribution in [2.75, 3.05) is 12.4 Å². The van der Waals surface area contributed by atoms with Crippen LogP contribution in [0.4, 0.5) is 5.69 Å². The Labute approximate surface area is 132 Å². The van der Waals surface area contributed by atoms with Crippen LogP contribution < -0.4 is 10.1 Å². The third kappa shape index (κ3) is 3.00. The first-order valence-corrected chi connectivity index (χ1v) is 7.47. The lowest BCUT2D eigenvalue weighted by Gasteiger charge is -2.11. The Morgan fingerprint density at radius 2 is 1.86 bits per heavy atom. The second-order valence-corrected chi connectivity index (χ2v) is 5.56. The van der Waals surface area contributed by atoms with Crippen LogP contribution in [0.3, 0.4) is 0 Å². The number of benzene rings is 2. The molecule has 0 saturated heterocycles. The fourth-order valence-electron chi connectivity index (χ4n) is 2.25. The molecule has 0 spiro atoms. The van der Waals surface area contributed by atoms with Crippen molar-refractivity contribution in [3.05, 3.63) is 64.8 Å². The van der Waals surface area contributed by atoms with Crippen molar-refractivity contribution in [1.82, 2.24) is 4.98 Å². The predicted octanol–water partition coefficient (Wildman–Crippen LogP) is 4.62. The largest absolute Gasteiger partial charge is 0.481 e. The molecule has 0 atom stereocenters. The highest BCUT2D eigenvalue weighted by Gasteiger charge is 2.04. The molecule has 2 aromatic carbocycles. The number of anilines is 1. The van der Waals surface area contributed by atoms with Crippen molar-refractivity contribution < 1.29 is 4.74 Å². The quantitative estimate of drug-likeness (QED) is 0.751. The smallest absolute Gasteiger partial charge is 0.212 e. The van der Waals surface area contributed by atoms with E-state index >= 15 is 0 Å². The Morgan fingerprint density at radius 1 is 1.05 bits per heavy atom. The Bertz CT molecular complexity index is 756. The zero-order chi connectivity index (χ0) is 14.7. The summed E-state index contributed by atoms with van der Waals surface area (Å²) in [4.78, 5) is 4.22. The van der Waals surface area contributed by atoms with Gasteiger partial charge in [-0.05, 0) is 23.1 Å². The van der Waals surface area contributed by atoms with Crippen LogP contribution >= 0.6 is 15.9 Å². The summed E-state index contributed by atoms with van der Waals surface area (Å²) in [7, 11) is 1.62. The standard InChI is InChI=1S/C17H15BrN2O/c1-21-17-9-6-12(11-20-17)10-19-16-8-7-15(18)13-4-2-3-5-14(13)16/h2-9,11,19H,10H2,1H3. The summed E-state index contributed by atoms with van der Waals surface area (Å²) in [5, 5.41) is 5.87. The van der Waals surface area contributed by atoms with Gasteiger partial charge in [-0.3, -0.25) is 0 Å². The van der Waals surface area contributed by atoms with Gasteiger partial charge in [-0.1, -0.05) is 46.3 Å². The van der Waals surface area contributed by atoms with Crippen LogP contribution in [-0.4, -0.2) is 12.1 Å². The van der Waals surface area contributed by atoms with Crippen molar-refractivity contribution >= 4 is 32.4 Å². The SMILES string of the molecule is COc1ccc(CNc2ccc(Br)c3ccccc23)cn1. The maximum atomic E-state index is 5.07. The Hall–Kier alpha value is -2.07. The van der Waals surface area contributed by atoms with Gasteiger partial charge in [-0.2, -0.15) is 0 Å². The van der Waals surface area contributed by atoms with Gasteiger partial charge in [-0.15, -0.1) is 0 Å². The van der Waals surface area contributed by atoms with Gasteiger partial charge in [0, 0.05) is 34.4 Å². The Morgan fingerprint density at radius 3 is 2.57 bits per heavy atom. The fraction of sp³-hybridized carbons (Fsp3) is 0.118.